The topological polar surface area (TPSA) is 30.8 Å². The molecule has 14 heavy (non-hydrogen) atoms. The van der Waals surface area contributed by atoms with E-state index in [1.165, 1.54) is 7.11 Å². The first kappa shape index (κ1) is 10.9. The molecule has 0 unspecified atom stereocenters. The molecular weight excluding hydrogens is 202 g/mol. The maximum Gasteiger partial charge on any atom is 0.137 e. The Morgan fingerprint density at radius 1 is 1.36 bits per heavy atom. The molecule has 0 aromatic heterocycles. The molecule has 76 valence electrons. The highest BCUT2D eigenvalue weighted by molar-refractivity contribution is 6.32. The number of oxime groups is 1. The molecule has 0 aliphatic rings. The highest BCUT2D eigenvalue weighted by Crippen LogP contribution is 2.26. The Kier molecular flexibility index (Phi) is 3.77. The SMILES string of the molecule is CO/N=C/c1cc(Cl)c(OC)cc1C. The zero-order valence-electron chi connectivity index (χ0n) is 8.37. The van der Waals surface area contributed by atoms with Crippen molar-refractivity contribution in [2.75, 3.05) is 14.2 Å². The molecule has 1 aromatic carbocycles. The van der Waals surface area contributed by atoms with Crippen LogP contribution in [0.1, 0.15) is 11.1 Å². The van der Waals surface area contributed by atoms with Gasteiger partial charge in [-0.3, -0.25) is 0 Å². The van der Waals surface area contributed by atoms with Crippen molar-refractivity contribution in [2.45, 2.75) is 6.92 Å². The lowest BCUT2D eigenvalue weighted by Crippen LogP contribution is -1.91. The molecule has 0 fully saturated rings. The Hall–Kier alpha value is -1.22. The first-order valence-electron chi connectivity index (χ1n) is 4.09. The second-order valence-corrected chi connectivity index (χ2v) is 3.17. The Morgan fingerprint density at radius 2 is 2.07 bits per heavy atom. The van der Waals surface area contributed by atoms with Crippen molar-refractivity contribution in [3.63, 3.8) is 0 Å². The molecule has 1 rings (SSSR count). The summed E-state index contributed by atoms with van der Waals surface area (Å²) >= 11 is 5.95. The summed E-state index contributed by atoms with van der Waals surface area (Å²) in [4.78, 5) is 4.59. The predicted octanol–water partition coefficient (Wildman–Crippen LogP) is 2.64. The number of ether oxygens (including phenoxy) is 1. The summed E-state index contributed by atoms with van der Waals surface area (Å²) in [6, 6.07) is 3.65. The summed E-state index contributed by atoms with van der Waals surface area (Å²) in [7, 11) is 3.08. The van der Waals surface area contributed by atoms with E-state index >= 15 is 0 Å². The normalized spacial score (nSPS) is 10.6. The summed E-state index contributed by atoms with van der Waals surface area (Å²) < 4.78 is 5.08. The Balaban J connectivity index is 3.08. The minimum Gasteiger partial charge on any atom is -0.495 e. The van der Waals surface area contributed by atoms with E-state index < -0.39 is 0 Å². The van der Waals surface area contributed by atoms with Gasteiger partial charge in [-0.1, -0.05) is 16.8 Å². The molecule has 0 aliphatic heterocycles. The fourth-order valence-corrected chi connectivity index (χ4v) is 1.32. The van der Waals surface area contributed by atoms with Crippen LogP contribution in [0.25, 0.3) is 0 Å². The standard InChI is InChI=1S/C10H12ClNO2/c1-7-4-10(13-2)9(11)5-8(7)6-12-14-3/h4-6H,1-3H3/b12-6+. The average Bonchev–Trinajstić information content (AvgIpc) is 2.18. The van der Waals surface area contributed by atoms with Crippen molar-refractivity contribution in [3.8, 4) is 5.75 Å². The van der Waals surface area contributed by atoms with Crippen LogP contribution < -0.4 is 4.74 Å². The van der Waals surface area contributed by atoms with Crippen molar-refractivity contribution in [1.82, 2.24) is 0 Å². The third kappa shape index (κ3) is 2.39. The second-order valence-electron chi connectivity index (χ2n) is 2.76. The van der Waals surface area contributed by atoms with Gasteiger partial charge in [-0.05, 0) is 24.6 Å². The maximum atomic E-state index is 5.95. The molecule has 0 atom stereocenters. The van der Waals surface area contributed by atoms with Gasteiger partial charge in [0.2, 0.25) is 0 Å². The van der Waals surface area contributed by atoms with E-state index in [4.69, 9.17) is 16.3 Å². The highest BCUT2D eigenvalue weighted by atomic mass is 35.5. The van der Waals surface area contributed by atoms with Gasteiger partial charge >= 0.3 is 0 Å². The van der Waals surface area contributed by atoms with E-state index in [9.17, 15) is 0 Å². The maximum absolute atomic E-state index is 5.95. The number of halogens is 1. The van der Waals surface area contributed by atoms with E-state index in [-0.39, 0.29) is 0 Å². The monoisotopic (exact) mass is 213 g/mol. The molecule has 0 N–H and O–H groups in total. The number of nitrogens with zero attached hydrogens (tertiary/aromatic N) is 1. The number of benzene rings is 1. The Bertz CT molecular complexity index is 350. The third-order valence-corrected chi connectivity index (χ3v) is 2.13. The molecule has 0 heterocycles. The summed E-state index contributed by atoms with van der Waals surface area (Å²) in [6.45, 7) is 1.95. The molecule has 0 amide bonds. The Labute approximate surface area is 88.3 Å². The minimum absolute atomic E-state index is 0.565. The van der Waals surface area contributed by atoms with Crippen LogP contribution in [-0.4, -0.2) is 20.4 Å². The summed E-state index contributed by atoms with van der Waals surface area (Å²) in [5.41, 5.74) is 1.95. The average molecular weight is 214 g/mol. The molecule has 0 bridgehead atoms. The van der Waals surface area contributed by atoms with Gasteiger partial charge in [-0.2, -0.15) is 0 Å². The van der Waals surface area contributed by atoms with E-state index in [0.717, 1.165) is 11.1 Å². The van der Waals surface area contributed by atoms with Crippen molar-refractivity contribution in [2.24, 2.45) is 5.16 Å². The summed E-state index contributed by atoms with van der Waals surface area (Å²) in [6.07, 6.45) is 1.61. The van der Waals surface area contributed by atoms with Gasteiger partial charge in [-0.15, -0.1) is 0 Å². The van der Waals surface area contributed by atoms with Gasteiger partial charge in [0, 0.05) is 5.56 Å². The summed E-state index contributed by atoms with van der Waals surface area (Å²) in [5.74, 6) is 0.665. The molecule has 3 nitrogen and oxygen atoms in total. The molecule has 1 aromatic rings. The number of methoxy groups -OCH3 is 1. The molecule has 0 saturated heterocycles. The van der Waals surface area contributed by atoms with E-state index in [0.29, 0.717) is 10.8 Å². The van der Waals surface area contributed by atoms with Crippen LogP contribution in [0.15, 0.2) is 17.3 Å². The van der Waals surface area contributed by atoms with Crippen LogP contribution in [0.3, 0.4) is 0 Å². The summed E-state index contributed by atoms with van der Waals surface area (Å²) in [5, 5.41) is 4.24. The molecule has 0 saturated carbocycles. The zero-order valence-corrected chi connectivity index (χ0v) is 9.13. The first-order valence-corrected chi connectivity index (χ1v) is 4.47. The van der Waals surface area contributed by atoms with Crippen molar-refractivity contribution < 1.29 is 9.57 Å². The third-order valence-electron chi connectivity index (χ3n) is 1.84. The van der Waals surface area contributed by atoms with Crippen LogP contribution in [0, 0.1) is 6.92 Å². The highest BCUT2D eigenvalue weighted by Gasteiger charge is 2.04. The van der Waals surface area contributed by atoms with Gasteiger partial charge in [-0.25, -0.2) is 0 Å². The molecule has 0 spiro atoms. The lowest BCUT2D eigenvalue weighted by molar-refractivity contribution is 0.215. The minimum atomic E-state index is 0.565. The second kappa shape index (κ2) is 4.86. The quantitative estimate of drug-likeness (QED) is 0.571. The largest absolute Gasteiger partial charge is 0.495 e. The number of rotatable bonds is 3. The van der Waals surface area contributed by atoms with Crippen molar-refractivity contribution in [1.29, 1.82) is 0 Å². The fraction of sp³-hybridized carbons (Fsp3) is 0.300. The van der Waals surface area contributed by atoms with Crippen molar-refractivity contribution in [3.05, 3.63) is 28.3 Å². The van der Waals surface area contributed by atoms with Gasteiger partial charge in [0.05, 0.1) is 18.3 Å². The van der Waals surface area contributed by atoms with Crippen molar-refractivity contribution >= 4 is 17.8 Å². The lowest BCUT2D eigenvalue weighted by atomic mass is 10.1. The predicted molar refractivity (Wildman–Crippen MR) is 57.3 cm³/mol. The van der Waals surface area contributed by atoms with Crippen LogP contribution in [0.4, 0.5) is 0 Å². The van der Waals surface area contributed by atoms with Gasteiger partial charge in [0.15, 0.2) is 0 Å². The van der Waals surface area contributed by atoms with Gasteiger partial charge in [0.1, 0.15) is 12.9 Å². The number of aryl methyl sites for hydroxylation is 1. The molecule has 4 heteroatoms. The van der Waals surface area contributed by atoms with Gasteiger partial charge in [0.25, 0.3) is 0 Å². The number of hydrogen-bond donors (Lipinski definition) is 0. The molecule has 0 radical (unpaired) electrons. The fourth-order valence-electron chi connectivity index (χ4n) is 1.08. The van der Waals surface area contributed by atoms with Crippen LogP contribution in [0.2, 0.25) is 5.02 Å². The Morgan fingerprint density at radius 3 is 2.64 bits per heavy atom. The van der Waals surface area contributed by atoms with E-state index in [1.807, 2.05) is 13.0 Å². The van der Waals surface area contributed by atoms with Crippen LogP contribution in [-0.2, 0) is 4.84 Å². The van der Waals surface area contributed by atoms with E-state index in [1.54, 1.807) is 19.4 Å². The van der Waals surface area contributed by atoms with Gasteiger partial charge < -0.3 is 9.57 Å². The first-order chi connectivity index (χ1) is 6.69. The van der Waals surface area contributed by atoms with E-state index in [2.05, 4.69) is 9.99 Å². The van der Waals surface area contributed by atoms with Crippen LogP contribution >= 0.6 is 11.6 Å². The van der Waals surface area contributed by atoms with Crippen LogP contribution in [0.5, 0.6) is 5.75 Å². The smallest absolute Gasteiger partial charge is 0.137 e. The molecular formula is C10H12ClNO2. The lowest BCUT2D eigenvalue weighted by Gasteiger charge is -2.06. The molecule has 0 aliphatic carbocycles. The zero-order chi connectivity index (χ0) is 10.6. The number of hydrogen-bond acceptors (Lipinski definition) is 3.